The Labute approximate surface area is 212 Å². The Balaban J connectivity index is 1.19. The number of anilines is 2. The van der Waals surface area contributed by atoms with Gasteiger partial charge in [0.1, 0.15) is 11.6 Å². The summed E-state index contributed by atoms with van der Waals surface area (Å²) in [5, 5.41) is 9.13. The number of pyridine rings is 1. The van der Waals surface area contributed by atoms with Gasteiger partial charge in [-0.15, -0.1) is 0 Å². The maximum Gasteiger partial charge on any atom is 0.224 e. The Hall–Kier alpha value is -3.74. The fourth-order valence-electron chi connectivity index (χ4n) is 5.35. The minimum absolute atomic E-state index is 0.0741. The molecule has 4 aromatic rings. The molecule has 0 radical (unpaired) electrons. The van der Waals surface area contributed by atoms with Crippen molar-refractivity contribution in [1.29, 1.82) is 0 Å². The molecule has 36 heavy (non-hydrogen) atoms. The maximum absolute atomic E-state index is 12.9. The summed E-state index contributed by atoms with van der Waals surface area (Å²) in [5.74, 6) is 1.78. The zero-order chi connectivity index (χ0) is 25.2. The molecule has 0 unspecified atom stereocenters. The first-order chi connectivity index (χ1) is 17.4. The molecule has 188 valence electrons. The summed E-state index contributed by atoms with van der Waals surface area (Å²) in [5.41, 5.74) is 5.26. The van der Waals surface area contributed by atoms with Crippen LogP contribution in [0.25, 0.3) is 21.8 Å². The first-order valence-corrected chi connectivity index (χ1v) is 12.7. The number of H-pyrrole nitrogens is 1. The predicted molar refractivity (Wildman–Crippen MR) is 147 cm³/mol. The molecule has 1 amide bonds. The fourth-order valence-corrected chi connectivity index (χ4v) is 5.35. The van der Waals surface area contributed by atoms with Crippen LogP contribution in [-0.4, -0.2) is 49.2 Å². The summed E-state index contributed by atoms with van der Waals surface area (Å²) >= 11 is 0. The van der Waals surface area contributed by atoms with Crippen LogP contribution in [0.3, 0.4) is 0 Å². The second-order valence-corrected chi connectivity index (χ2v) is 10.0. The van der Waals surface area contributed by atoms with Gasteiger partial charge in [0.25, 0.3) is 0 Å². The molecule has 2 heterocycles. The van der Waals surface area contributed by atoms with Crippen LogP contribution < -0.4 is 20.3 Å². The first kappa shape index (κ1) is 24.0. The molecule has 7 heteroatoms. The molecule has 0 bridgehead atoms. The predicted octanol–water partition coefficient (Wildman–Crippen LogP) is 5.18. The Morgan fingerprint density at radius 2 is 1.81 bits per heavy atom. The van der Waals surface area contributed by atoms with Crippen molar-refractivity contribution in [1.82, 2.24) is 15.3 Å². The highest BCUT2D eigenvalue weighted by Gasteiger charge is 2.24. The van der Waals surface area contributed by atoms with Crippen molar-refractivity contribution in [2.45, 2.75) is 51.1 Å². The monoisotopic (exact) mass is 485 g/mol. The second-order valence-electron chi connectivity index (χ2n) is 10.0. The van der Waals surface area contributed by atoms with Crippen LogP contribution in [-0.2, 0) is 11.2 Å². The van der Waals surface area contributed by atoms with Crippen LogP contribution in [0, 0.1) is 6.92 Å². The lowest BCUT2D eigenvalue weighted by Crippen LogP contribution is -2.40. The number of carbonyl (C=O) groups is 1. The lowest BCUT2D eigenvalue weighted by atomic mass is 9.91. The van der Waals surface area contributed by atoms with Gasteiger partial charge in [0.2, 0.25) is 5.91 Å². The molecule has 1 aliphatic carbocycles. The Morgan fingerprint density at radius 1 is 1.06 bits per heavy atom. The van der Waals surface area contributed by atoms with Gasteiger partial charge in [-0.25, -0.2) is 4.98 Å². The zero-order valence-corrected chi connectivity index (χ0v) is 21.5. The molecule has 1 aliphatic rings. The van der Waals surface area contributed by atoms with Gasteiger partial charge in [-0.1, -0.05) is 18.2 Å². The van der Waals surface area contributed by atoms with Crippen molar-refractivity contribution in [3.8, 4) is 5.75 Å². The minimum atomic E-state index is 0.0741. The van der Waals surface area contributed by atoms with Gasteiger partial charge in [0, 0.05) is 59.9 Å². The van der Waals surface area contributed by atoms with Crippen LogP contribution in [0.4, 0.5) is 11.5 Å². The quantitative estimate of drug-likeness (QED) is 0.336. The molecule has 7 nitrogen and oxygen atoms in total. The zero-order valence-electron chi connectivity index (χ0n) is 21.5. The molecule has 5 rings (SSSR count). The van der Waals surface area contributed by atoms with E-state index < -0.39 is 0 Å². The van der Waals surface area contributed by atoms with Crippen molar-refractivity contribution in [3.63, 3.8) is 0 Å². The van der Waals surface area contributed by atoms with Gasteiger partial charge in [-0.2, -0.15) is 0 Å². The number of benzene rings is 2. The highest BCUT2D eigenvalue weighted by molar-refractivity contribution is 5.93. The summed E-state index contributed by atoms with van der Waals surface area (Å²) in [7, 11) is 5.79. The van der Waals surface area contributed by atoms with Crippen molar-refractivity contribution < 1.29 is 9.53 Å². The largest absolute Gasteiger partial charge is 0.497 e. The molecule has 1 fully saturated rings. The number of hydrogen-bond donors (Lipinski definition) is 3. The number of ether oxygens (including phenoxy) is 1. The topological polar surface area (TPSA) is 82.3 Å². The number of aromatic nitrogens is 2. The van der Waals surface area contributed by atoms with Crippen molar-refractivity contribution >= 4 is 39.2 Å². The van der Waals surface area contributed by atoms with E-state index in [0.29, 0.717) is 12.5 Å². The first-order valence-electron chi connectivity index (χ1n) is 12.7. The van der Waals surface area contributed by atoms with E-state index in [2.05, 4.69) is 58.9 Å². The smallest absolute Gasteiger partial charge is 0.224 e. The Bertz CT molecular complexity index is 1390. The van der Waals surface area contributed by atoms with E-state index in [0.717, 1.165) is 76.0 Å². The van der Waals surface area contributed by atoms with Crippen molar-refractivity contribution in [2.75, 3.05) is 31.4 Å². The third-order valence-electron chi connectivity index (χ3n) is 7.28. The molecular formula is C29H35N5O2. The minimum Gasteiger partial charge on any atom is -0.497 e. The second kappa shape index (κ2) is 10.1. The highest BCUT2D eigenvalue weighted by atomic mass is 16.5. The van der Waals surface area contributed by atoms with Crippen molar-refractivity contribution in [3.05, 3.63) is 59.8 Å². The van der Waals surface area contributed by atoms with Gasteiger partial charge >= 0.3 is 0 Å². The highest BCUT2D eigenvalue weighted by Crippen LogP contribution is 2.30. The van der Waals surface area contributed by atoms with Crippen LogP contribution in [0.5, 0.6) is 5.75 Å². The number of aromatic amines is 1. The average molecular weight is 486 g/mol. The van der Waals surface area contributed by atoms with E-state index in [4.69, 9.17) is 9.72 Å². The van der Waals surface area contributed by atoms with Crippen LogP contribution in [0.15, 0.2) is 48.5 Å². The van der Waals surface area contributed by atoms with Crippen LogP contribution in [0.1, 0.15) is 36.9 Å². The van der Waals surface area contributed by atoms with Gasteiger partial charge in [-0.3, -0.25) is 4.79 Å². The molecule has 2 aromatic carbocycles. The normalized spacial score (nSPS) is 17.8. The number of rotatable bonds is 7. The van der Waals surface area contributed by atoms with E-state index in [9.17, 15) is 4.79 Å². The molecule has 0 saturated heterocycles. The van der Waals surface area contributed by atoms with E-state index in [1.54, 1.807) is 7.11 Å². The number of amides is 1. The van der Waals surface area contributed by atoms with Crippen LogP contribution in [0.2, 0.25) is 0 Å². The summed E-state index contributed by atoms with van der Waals surface area (Å²) in [6, 6.07) is 16.9. The number of nitrogens with zero attached hydrogens (tertiary/aromatic N) is 2. The van der Waals surface area contributed by atoms with Gasteiger partial charge in [-0.05, 0) is 62.4 Å². The Kier molecular flexibility index (Phi) is 6.72. The number of nitrogens with one attached hydrogen (secondary N) is 3. The van der Waals surface area contributed by atoms with Gasteiger partial charge in [0.05, 0.1) is 19.0 Å². The van der Waals surface area contributed by atoms with Gasteiger partial charge in [0.15, 0.2) is 0 Å². The number of carbonyl (C=O) groups excluding carboxylic acids is 1. The third kappa shape index (κ3) is 4.96. The number of methoxy groups -OCH3 is 1. The third-order valence-corrected chi connectivity index (χ3v) is 7.28. The van der Waals surface area contributed by atoms with E-state index >= 15 is 0 Å². The molecular weight excluding hydrogens is 450 g/mol. The summed E-state index contributed by atoms with van der Waals surface area (Å²) in [6.07, 6.45) is 4.28. The lowest BCUT2D eigenvalue weighted by molar-refractivity contribution is -0.121. The van der Waals surface area contributed by atoms with E-state index in [1.165, 1.54) is 0 Å². The lowest BCUT2D eigenvalue weighted by Gasteiger charge is -2.30. The fraction of sp³-hybridized carbons (Fsp3) is 0.379. The number of aryl methyl sites for hydroxylation is 1. The summed E-state index contributed by atoms with van der Waals surface area (Å²) < 4.78 is 5.38. The standard InChI is InChI=1S/C29H35N5O2/c1-18-23(24-15-21(36-4)13-14-26(24)30-18)16-29(35)32-20-11-9-19(10-12-20)31-28-17-27(34(2)3)22-7-5-6-8-25(22)33-28/h5-8,13-15,17,19-20,30H,9-12,16H2,1-4H3,(H,31,33)(H,32,35). The molecule has 0 aliphatic heterocycles. The van der Waals surface area contributed by atoms with Gasteiger partial charge < -0.3 is 25.3 Å². The molecule has 0 spiro atoms. The molecule has 3 N–H and O–H groups in total. The number of hydrogen-bond acceptors (Lipinski definition) is 5. The summed E-state index contributed by atoms with van der Waals surface area (Å²) in [4.78, 5) is 23.3. The Morgan fingerprint density at radius 3 is 2.56 bits per heavy atom. The van der Waals surface area contributed by atoms with E-state index in [1.807, 2.05) is 31.2 Å². The van der Waals surface area contributed by atoms with Crippen molar-refractivity contribution in [2.24, 2.45) is 0 Å². The maximum atomic E-state index is 12.9. The van der Waals surface area contributed by atoms with E-state index in [-0.39, 0.29) is 11.9 Å². The molecule has 1 saturated carbocycles. The molecule has 0 atom stereocenters. The number of para-hydroxylation sites is 1. The molecule has 2 aromatic heterocycles. The SMILES string of the molecule is COc1ccc2[nH]c(C)c(CC(=O)NC3CCC(Nc4cc(N(C)C)c5ccccc5n4)CC3)c2c1. The summed E-state index contributed by atoms with van der Waals surface area (Å²) in [6.45, 7) is 2.02. The number of fused-ring (bicyclic) bond motifs is 2. The van der Waals surface area contributed by atoms with Crippen LogP contribution >= 0.6 is 0 Å². The average Bonchev–Trinajstić information content (AvgIpc) is 3.18.